The van der Waals surface area contributed by atoms with E-state index in [-0.39, 0.29) is 5.60 Å². The molecule has 88 valence electrons. The molecule has 2 nitrogen and oxygen atoms in total. The number of rotatable bonds is 4. The second kappa shape index (κ2) is 5.07. The van der Waals surface area contributed by atoms with Crippen molar-refractivity contribution >= 4 is 11.8 Å². The molecule has 0 spiro atoms. The minimum absolute atomic E-state index is 0.319. The zero-order chi connectivity index (χ0) is 10.7. The number of aliphatic hydroxyl groups is 1. The van der Waals surface area contributed by atoms with Gasteiger partial charge in [0.1, 0.15) is 0 Å². The largest absolute Gasteiger partial charge is 0.390 e. The Morgan fingerprint density at radius 2 is 2.13 bits per heavy atom. The summed E-state index contributed by atoms with van der Waals surface area (Å²) in [5.41, 5.74) is -0.319. The number of hydrogen-bond donors (Lipinski definition) is 1. The van der Waals surface area contributed by atoms with Crippen molar-refractivity contribution in [2.24, 2.45) is 0 Å². The van der Waals surface area contributed by atoms with Gasteiger partial charge in [0, 0.05) is 18.3 Å². The van der Waals surface area contributed by atoms with Gasteiger partial charge in [-0.2, -0.15) is 11.8 Å². The summed E-state index contributed by atoms with van der Waals surface area (Å²) in [6.45, 7) is 1.07. The molecule has 1 aliphatic heterocycles. The molecular weight excluding hydrogens is 206 g/mol. The molecule has 1 saturated heterocycles. The number of thioether (sulfide) groups is 1. The Bertz CT molecular complexity index is 198. The van der Waals surface area contributed by atoms with Gasteiger partial charge in [0.25, 0.3) is 0 Å². The van der Waals surface area contributed by atoms with Gasteiger partial charge >= 0.3 is 0 Å². The second-order valence-corrected chi connectivity index (χ2v) is 6.33. The van der Waals surface area contributed by atoms with Crippen LogP contribution in [0.5, 0.6) is 0 Å². The van der Waals surface area contributed by atoms with E-state index in [0.717, 1.165) is 31.8 Å². The Labute approximate surface area is 97.4 Å². The lowest BCUT2D eigenvalue weighted by molar-refractivity contribution is 0.0275. The molecule has 1 N–H and O–H groups in total. The highest BCUT2D eigenvalue weighted by Gasteiger charge is 2.31. The van der Waals surface area contributed by atoms with Crippen molar-refractivity contribution in [2.75, 3.05) is 25.1 Å². The molecule has 15 heavy (non-hydrogen) atoms. The van der Waals surface area contributed by atoms with E-state index in [2.05, 4.69) is 23.7 Å². The topological polar surface area (TPSA) is 23.5 Å². The Morgan fingerprint density at radius 1 is 1.40 bits per heavy atom. The van der Waals surface area contributed by atoms with Crippen LogP contribution in [0.3, 0.4) is 0 Å². The van der Waals surface area contributed by atoms with E-state index in [4.69, 9.17) is 0 Å². The Balaban J connectivity index is 1.72. The smallest absolute Gasteiger partial charge is 0.0660 e. The summed E-state index contributed by atoms with van der Waals surface area (Å²) in [6, 6.07) is 0.764. The van der Waals surface area contributed by atoms with E-state index in [1.54, 1.807) is 0 Å². The first-order valence-electron chi connectivity index (χ1n) is 6.20. The quantitative estimate of drug-likeness (QED) is 0.799. The van der Waals surface area contributed by atoms with Gasteiger partial charge in [0.05, 0.1) is 5.60 Å². The predicted molar refractivity (Wildman–Crippen MR) is 66.4 cm³/mol. The summed E-state index contributed by atoms with van der Waals surface area (Å²) < 4.78 is 0. The van der Waals surface area contributed by atoms with Crippen LogP contribution in [0.4, 0.5) is 0 Å². The molecule has 1 aliphatic carbocycles. The highest BCUT2D eigenvalue weighted by molar-refractivity contribution is 7.99. The molecule has 1 saturated carbocycles. The zero-order valence-electron chi connectivity index (χ0n) is 9.74. The minimum Gasteiger partial charge on any atom is -0.390 e. The molecule has 0 unspecified atom stereocenters. The fourth-order valence-corrected chi connectivity index (χ4v) is 4.02. The van der Waals surface area contributed by atoms with Crippen LogP contribution in [0.2, 0.25) is 0 Å². The third kappa shape index (κ3) is 3.11. The third-order valence-corrected chi connectivity index (χ3v) is 5.14. The van der Waals surface area contributed by atoms with Gasteiger partial charge in [-0.3, -0.25) is 0 Å². The van der Waals surface area contributed by atoms with Crippen molar-refractivity contribution in [2.45, 2.75) is 50.2 Å². The molecule has 2 fully saturated rings. The van der Waals surface area contributed by atoms with Gasteiger partial charge in [0.2, 0.25) is 0 Å². The van der Waals surface area contributed by atoms with Crippen molar-refractivity contribution in [3.8, 4) is 0 Å². The molecule has 0 aromatic rings. The van der Waals surface area contributed by atoms with Gasteiger partial charge in [-0.05, 0) is 38.5 Å². The monoisotopic (exact) mass is 229 g/mol. The predicted octanol–water partition coefficient (Wildman–Crippen LogP) is 2.12. The van der Waals surface area contributed by atoms with Crippen molar-refractivity contribution in [3.05, 3.63) is 0 Å². The lowest BCUT2D eigenvalue weighted by Crippen LogP contribution is -2.37. The molecule has 2 rings (SSSR count). The van der Waals surface area contributed by atoms with Gasteiger partial charge in [-0.1, -0.05) is 12.8 Å². The van der Waals surface area contributed by atoms with Crippen molar-refractivity contribution in [3.63, 3.8) is 0 Å². The molecule has 1 atom stereocenters. The molecule has 2 aliphatic rings. The van der Waals surface area contributed by atoms with E-state index < -0.39 is 0 Å². The summed E-state index contributed by atoms with van der Waals surface area (Å²) >= 11 is 2.06. The lowest BCUT2D eigenvalue weighted by Gasteiger charge is -2.28. The lowest BCUT2D eigenvalue weighted by atomic mass is 9.97. The molecule has 3 heteroatoms. The summed E-state index contributed by atoms with van der Waals surface area (Å²) in [6.07, 6.45) is 6.81. The number of hydrogen-bond acceptors (Lipinski definition) is 3. The van der Waals surface area contributed by atoms with Gasteiger partial charge in [0.15, 0.2) is 0 Å². The van der Waals surface area contributed by atoms with E-state index >= 15 is 0 Å². The van der Waals surface area contributed by atoms with Crippen LogP contribution in [-0.4, -0.2) is 46.7 Å². The summed E-state index contributed by atoms with van der Waals surface area (Å²) in [4.78, 5) is 2.45. The molecule has 0 aromatic carbocycles. The fourth-order valence-electron chi connectivity index (χ4n) is 2.72. The van der Waals surface area contributed by atoms with Crippen molar-refractivity contribution in [1.82, 2.24) is 4.90 Å². The van der Waals surface area contributed by atoms with E-state index in [0.29, 0.717) is 0 Å². The second-order valence-electron chi connectivity index (χ2n) is 5.18. The van der Waals surface area contributed by atoms with Crippen LogP contribution in [0.15, 0.2) is 0 Å². The van der Waals surface area contributed by atoms with Gasteiger partial charge in [-0.25, -0.2) is 0 Å². The molecular formula is C12H23NOS. The maximum absolute atomic E-state index is 10.3. The normalized spacial score (nSPS) is 30.2. The molecule has 1 heterocycles. The molecule has 0 amide bonds. The van der Waals surface area contributed by atoms with Crippen LogP contribution < -0.4 is 0 Å². The number of nitrogens with zero attached hydrogens (tertiary/aromatic N) is 1. The minimum atomic E-state index is -0.319. The first-order valence-corrected chi connectivity index (χ1v) is 7.35. The van der Waals surface area contributed by atoms with Crippen LogP contribution in [0.25, 0.3) is 0 Å². The van der Waals surface area contributed by atoms with Crippen LogP contribution >= 0.6 is 11.8 Å². The maximum atomic E-state index is 10.3. The molecule has 0 bridgehead atoms. The first-order chi connectivity index (χ1) is 7.20. The average molecular weight is 229 g/mol. The highest BCUT2D eigenvalue weighted by Crippen LogP contribution is 2.32. The Hall–Kier alpha value is 0.270. The molecule has 0 radical (unpaired) electrons. The van der Waals surface area contributed by atoms with Crippen molar-refractivity contribution in [1.29, 1.82) is 0 Å². The fraction of sp³-hybridized carbons (Fsp3) is 1.00. The summed E-state index contributed by atoms with van der Waals surface area (Å²) in [5.74, 6) is 2.61. The Morgan fingerprint density at radius 3 is 2.73 bits per heavy atom. The van der Waals surface area contributed by atoms with E-state index in [9.17, 15) is 5.11 Å². The van der Waals surface area contributed by atoms with Crippen LogP contribution in [0, 0.1) is 0 Å². The molecule has 0 aromatic heterocycles. The Kier molecular flexibility index (Phi) is 3.97. The van der Waals surface area contributed by atoms with E-state index in [1.165, 1.54) is 30.8 Å². The third-order valence-electron chi connectivity index (χ3n) is 3.99. The van der Waals surface area contributed by atoms with Crippen molar-refractivity contribution < 1.29 is 5.11 Å². The SMILES string of the molecule is CN(CCC1(O)CCCC1)[C@@H]1CCSC1. The summed E-state index contributed by atoms with van der Waals surface area (Å²) in [5, 5.41) is 10.3. The van der Waals surface area contributed by atoms with Crippen LogP contribution in [0.1, 0.15) is 38.5 Å². The van der Waals surface area contributed by atoms with Gasteiger partial charge in [-0.15, -0.1) is 0 Å². The maximum Gasteiger partial charge on any atom is 0.0660 e. The summed E-state index contributed by atoms with van der Waals surface area (Å²) in [7, 11) is 2.22. The van der Waals surface area contributed by atoms with Crippen LogP contribution in [-0.2, 0) is 0 Å². The highest BCUT2D eigenvalue weighted by atomic mass is 32.2. The zero-order valence-corrected chi connectivity index (χ0v) is 10.6. The first kappa shape index (κ1) is 11.7. The van der Waals surface area contributed by atoms with Gasteiger partial charge < -0.3 is 10.0 Å². The standard InChI is InChI=1S/C12H23NOS/c1-13(11-4-9-15-10-11)8-7-12(14)5-2-3-6-12/h11,14H,2-10H2,1H3/t11-/m1/s1. The van der Waals surface area contributed by atoms with E-state index in [1.807, 2.05) is 0 Å². The average Bonchev–Trinajstić information content (AvgIpc) is 2.85.